The highest BCUT2D eigenvalue weighted by atomic mass is 15.2. The van der Waals surface area contributed by atoms with E-state index >= 15 is 0 Å². The van der Waals surface area contributed by atoms with Crippen molar-refractivity contribution < 1.29 is 0 Å². The molecule has 13 heavy (non-hydrogen) atoms. The highest BCUT2D eigenvalue weighted by Crippen LogP contribution is 2.00. The van der Waals surface area contributed by atoms with E-state index in [4.69, 9.17) is 0 Å². The Balaban J connectivity index is 2.33. The molecule has 0 aliphatic rings. The zero-order valence-electron chi connectivity index (χ0n) is 8.75. The molecule has 0 aliphatic heterocycles. The second-order valence-corrected chi connectivity index (χ2v) is 3.42. The fourth-order valence-corrected chi connectivity index (χ4v) is 1.40. The smallest absolute Gasteiger partial charge is 0.0534 e. The van der Waals surface area contributed by atoms with Crippen LogP contribution >= 0.6 is 0 Å². The molecule has 1 aromatic heterocycles. The zero-order chi connectivity index (χ0) is 9.68. The van der Waals surface area contributed by atoms with Crippen LogP contribution in [0.15, 0.2) is 12.4 Å². The van der Waals surface area contributed by atoms with Crippen LogP contribution in [0, 0.1) is 0 Å². The van der Waals surface area contributed by atoms with Crippen LogP contribution in [0.25, 0.3) is 0 Å². The normalized spacial score (nSPS) is 11.1. The molecule has 74 valence electrons. The van der Waals surface area contributed by atoms with Crippen LogP contribution in [-0.2, 0) is 13.6 Å². The monoisotopic (exact) mass is 181 g/mol. The Labute approximate surface area is 80.1 Å². The molecule has 1 heterocycles. The van der Waals surface area contributed by atoms with Gasteiger partial charge >= 0.3 is 0 Å². The van der Waals surface area contributed by atoms with Crippen LogP contribution in [0.2, 0.25) is 0 Å². The molecule has 1 aromatic rings. The summed E-state index contributed by atoms with van der Waals surface area (Å²) in [5.41, 5.74) is 1.26. The van der Waals surface area contributed by atoms with Crippen LogP contribution in [-0.4, -0.2) is 15.8 Å². The summed E-state index contributed by atoms with van der Waals surface area (Å²) in [6, 6.07) is 0.639. The van der Waals surface area contributed by atoms with Crippen molar-refractivity contribution in [2.24, 2.45) is 7.05 Å². The van der Waals surface area contributed by atoms with Crippen LogP contribution in [0.4, 0.5) is 0 Å². The number of nitrogens with one attached hydrogen (secondary N) is 1. The van der Waals surface area contributed by atoms with Gasteiger partial charge in [-0.1, -0.05) is 13.8 Å². The summed E-state index contributed by atoms with van der Waals surface area (Å²) in [6.07, 6.45) is 6.35. The van der Waals surface area contributed by atoms with Crippen molar-refractivity contribution >= 4 is 0 Å². The van der Waals surface area contributed by atoms with Crippen LogP contribution in [0.3, 0.4) is 0 Å². The number of aryl methyl sites for hydroxylation is 1. The Hall–Kier alpha value is -0.830. The molecule has 0 radical (unpaired) electrons. The molecule has 3 heteroatoms. The first kappa shape index (κ1) is 10.3. The van der Waals surface area contributed by atoms with Gasteiger partial charge in [-0.05, 0) is 12.8 Å². The maximum Gasteiger partial charge on any atom is 0.0534 e. The van der Waals surface area contributed by atoms with E-state index in [0.717, 1.165) is 6.54 Å². The second kappa shape index (κ2) is 5.02. The van der Waals surface area contributed by atoms with E-state index in [0.29, 0.717) is 6.04 Å². The predicted molar refractivity (Wildman–Crippen MR) is 54.4 cm³/mol. The van der Waals surface area contributed by atoms with Gasteiger partial charge in [-0.3, -0.25) is 4.68 Å². The Kier molecular flexibility index (Phi) is 3.96. The summed E-state index contributed by atoms with van der Waals surface area (Å²) in [7, 11) is 1.95. The van der Waals surface area contributed by atoms with Gasteiger partial charge in [0.2, 0.25) is 0 Å². The molecule has 0 atom stereocenters. The summed E-state index contributed by atoms with van der Waals surface area (Å²) < 4.78 is 1.84. The van der Waals surface area contributed by atoms with Crippen molar-refractivity contribution in [3.63, 3.8) is 0 Å². The second-order valence-electron chi connectivity index (χ2n) is 3.42. The lowest BCUT2D eigenvalue weighted by Gasteiger charge is -2.13. The van der Waals surface area contributed by atoms with Crippen molar-refractivity contribution in [3.05, 3.63) is 18.0 Å². The van der Waals surface area contributed by atoms with Crippen molar-refractivity contribution in [2.45, 2.75) is 39.3 Å². The average Bonchev–Trinajstić information content (AvgIpc) is 2.53. The van der Waals surface area contributed by atoms with Gasteiger partial charge in [0.1, 0.15) is 0 Å². The van der Waals surface area contributed by atoms with Gasteiger partial charge in [-0.2, -0.15) is 5.10 Å². The highest BCUT2D eigenvalue weighted by molar-refractivity contribution is 5.02. The molecule has 0 bridgehead atoms. The maximum atomic E-state index is 4.12. The topological polar surface area (TPSA) is 29.9 Å². The number of rotatable bonds is 5. The first-order chi connectivity index (χ1) is 6.26. The van der Waals surface area contributed by atoms with Crippen molar-refractivity contribution in [1.29, 1.82) is 0 Å². The molecule has 0 amide bonds. The van der Waals surface area contributed by atoms with Gasteiger partial charge in [0.15, 0.2) is 0 Å². The fraction of sp³-hybridized carbons (Fsp3) is 0.700. The van der Waals surface area contributed by atoms with Crippen LogP contribution in [0.5, 0.6) is 0 Å². The van der Waals surface area contributed by atoms with E-state index in [-0.39, 0.29) is 0 Å². The molecule has 0 aliphatic carbocycles. The molecular formula is C10H19N3. The molecule has 0 saturated heterocycles. The third kappa shape index (κ3) is 3.19. The lowest BCUT2D eigenvalue weighted by molar-refractivity contribution is 0.484. The maximum absolute atomic E-state index is 4.12. The van der Waals surface area contributed by atoms with Gasteiger partial charge in [-0.15, -0.1) is 0 Å². The van der Waals surface area contributed by atoms with Crippen molar-refractivity contribution in [2.75, 3.05) is 0 Å². The van der Waals surface area contributed by atoms with E-state index in [2.05, 4.69) is 30.5 Å². The van der Waals surface area contributed by atoms with Crippen LogP contribution in [0.1, 0.15) is 32.3 Å². The summed E-state index contributed by atoms with van der Waals surface area (Å²) in [6.45, 7) is 5.36. The van der Waals surface area contributed by atoms with E-state index in [1.54, 1.807) is 0 Å². The standard InChI is InChI=1S/C10H19N3/c1-4-10(5-2)11-6-9-7-12-13(3)8-9/h7-8,10-11H,4-6H2,1-3H3. The summed E-state index contributed by atoms with van der Waals surface area (Å²) in [4.78, 5) is 0. The van der Waals surface area contributed by atoms with E-state index in [1.807, 2.05) is 17.9 Å². The van der Waals surface area contributed by atoms with Crippen molar-refractivity contribution in [3.8, 4) is 0 Å². The van der Waals surface area contributed by atoms with Gasteiger partial charge < -0.3 is 5.32 Å². The zero-order valence-corrected chi connectivity index (χ0v) is 8.75. The quantitative estimate of drug-likeness (QED) is 0.749. The number of hydrogen-bond donors (Lipinski definition) is 1. The molecular weight excluding hydrogens is 162 g/mol. The Bertz CT molecular complexity index is 238. The first-order valence-corrected chi connectivity index (χ1v) is 4.97. The molecule has 0 unspecified atom stereocenters. The largest absolute Gasteiger partial charge is 0.310 e. The fourth-order valence-electron chi connectivity index (χ4n) is 1.40. The number of hydrogen-bond acceptors (Lipinski definition) is 2. The lowest BCUT2D eigenvalue weighted by Crippen LogP contribution is -2.26. The summed E-state index contributed by atoms with van der Waals surface area (Å²) >= 11 is 0. The van der Waals surface area contributed by atoms with Crippen LogP contribution < -0.4 is 5.32 Å². The van der Waals surface area contributed by atoms with Gasteiger partial charge in [0.05, 0.1) is 6.20 Å². The molecule has 0 fully saturated rings. The first-order valence-electron chi connectivity index (χ1n) is 4.97. The van der Waals surface area contributed by atoms with E-state index in [9.17, 15) is 0 Å². The third-order valence-electron chi connectivity index (χ3n) is 2.34. The summed E-state index contributed by atoms with van der Waals surface area (Å²) in [5, 5.41) is 7.62. The highest BCUT2D eigenvalue weighted by Gasteiger charge is 2.02. The number of nitrogens with zero attached hydrogens (tertiary/aromatic N) is 2. The molecule has 0 saturated carbocycles. The third-order valence-corrected chi connectivity index (χ3v) is 2.34. The van der Waals surface area contributed by atoms with Gasteiger partial charge in [-0.25, -0.2) is 0 Å². The minimum Gasteiger partial charge on any atom is -0.310 e. The molecule has 0 aromatic carbocycles. The van der Waals surface area contributed by atoms with E-state index in [1.165, 1.54) is 18.4 Å². The SMILES string of the molecule is CCC(CC)NCc1cnn(C)c1. The molecule has 3 nitrogen and oxygen atoms in total. The minimum atomic E-state index is 0.639. The Morgan fingerprint density at radius 3 is 2.62 bits per heavy atom. The number of aromatic nitrogens is 2. The van der Waals surface area contributed by atoms with Crippen molar-refractivity contribution in [1.82, 2.24) is 15.1 Å². The Morgan fingerprint density at radius 1 is 1.46 bits per heavy atom. The minimum absolute atomic E-state index is 0.639. The van der Waals surface area contributed by atoms with Gasteiger partial charge in [0, 0.05) is 31.4 Å². The molecule has 1 rings (SSSR count). The lowest BCUT2D eigenvalue weighted by atomic mass is 10.1. The van der Waals surface area contributed by atoms with E-state index < -0.39 is 0 Å². The average molecular weight is 181 g/mol. The van der Waals surface area contributed by atoms with Gasteiger partial charge in [0.25, 0.3) is 0 Å². The molecule has 0 spiro atoms. The Morgan fingerprint density at radius 2 is 2.15 bits per heavy atom. The summed E-state index contributed by atoms with van der Waals surface area (Å²) in [5.74, 6) is 0. The molecule has 1 N–H and O–H groups in total. The predicted octanol–water partition coefficient (Wildman–Crippen LogP) is 1.70.